The fourth-order valence-corrected chi connectivity index (χ4v) is 13.1. The summed E-state index contributed by atoms with van der Waals surface area (Å²) in [5.41, 5.74) is 4.95. The molecule has 2 saturated carbocycles. The maximum atomic E-state index is 13.8. The Kier molecular flexibility index (Phi) is 13.8. The third-order valence-electron chi connectivity index (χ3n) is 16.8. The third-order valence-corrected chi connectivity index (χ3v) is 16.8. The van der Waals surface area contributed by atoms with Crippen LogP contribution in [0.1, 0.15) is 143 Å². The monoisotopic (exact) mass is 855 g/mol. The van der Waals surface area contributed by atoms with Gasteiger partial charge in [0.25, 0.3) is 0 Å². The predicted octanol–water partition coefficient (Wildman–Crippen LogP) is 10.3. The second-order valence-corrected chi connectivity index (χ2v) is 21.4. The predicted molar refractivity (Wildman–Crippen MR) is 240 cm³/mol. The van der Waals surface area contributed by atoms with Crippen molar-refractivity contribution in [1.82, 2.24) is 0 Å². The molecular formula is C53H74O9. The van der Waals surface area contributed by atoms with Crippen molar-refractivity contribution in [3.05, 3.63) is 76.4 Å². The van der Waals surface area contributed by atoms with Gasteiger partial charge in [-0.3, -0.25) is 9.59 Å². The lowest BCUT2D eigenvalue weighted by Gasteiger charge is -2.57. The van der Waals surface area contributed by atoms with Gasteiger partial charge in [0.2, 0.25) is 0 Å². The Morgan fingerprint density at radius 3 is 1.52 bits per heavy atom. The first kappa shape index (κ1) is 46.3. The number of allylic oxidation sites excluding steroid dienone is 8. The second kappa shape index (κ2) is 18.4. The van der Waals surface area contributed by atoms with Gasteiger partial charge in [-0.2, -0.15) is 0 Å². The van der Waals surface area contributed by atoms with E-state index < -0.39 is 29.0 Å². The summed E-state index contributed by atoms with van der Waals surface area (Å²) in [6.07, 6.45) is 19.2. The van der Waals surface area contributed by atoms with E-state index in [1.807, 2.05) is 6.92 Å². The lowest BCUT2D eigenvalue weighted by Crippen LogP contribution is -2.53. The fourth-order valence-electron chi connectivity index (χ4n) is 13.1. The van der Waals surface area contributed by atoms with E-state index in [-0.39, 0.29) is 66.6 Å². The number of carbonyl (C=O) groups excluding carboxylic acids is 3. The summed E-state index contributed by atoms with van der Waals surface area (Å²) in [6, 6.07) is 6.29. The molecule has 0 bridgehead atoms. The topological polar surface area (TPSA) is 129 Å². The molecule has 0 radical (unpaired) electrons. The Hall–Kier alpha value is -3.69. The highest BCUT2D eigenvalue weighted by atomic mass is 16.6. The van der Waals surface area contributed by atoms with Gasteiger partial charge in [0.1, 0.15) is 44.4 Å². The van der Waals surface area contributed by atoms with Crippen molar-refractivity contribution >= 4 is 17.9 Å². The molecule has 6 aliphatic carbocycles. The van der Waals surface area contributed by atoms with E-state index >= 15 is 0 Å². The zero-order valence-corrected chi connectivity index (χ0v) is 38.8. The number of ether oxygens (including phenoxy) is 4. The average Bonchev–Trinajstić information content (AvgIpc) is 3.25. The zero-order chi connectivity index (χ0) is 44.6. The number of aliphatic hydroxyl groups excluding tert-OH is 2. The molecular weight excluding hydrogens is 781 g/mol. The Balaban J connectivity index is 0.839. The summed E-state index contributed by atoms with van der Waals surface area (Å²) < 4.78 is 22.7. The number of hydrogen-bond acceptors (Lipinski definition) is 9. The van der Waals surface area contributed by atoms with Crippen LogP contribution in [0.4, 0.5) is 0 Å². The van der Waals surface area contributed by atoms with Crippen molar-refractivity contribution < 1.29 is 43.5 Å². The molecule has 0 amide bonds. The molecule has 6 aliphatic rings. The van der Waals surface area contributed by atoms with Crippen LogP contribution in [0, 0.1) is 57.2 Å². The molecule has 7 rings (SSSR count). The number of aliphatic hydroxyl groups is 2. The molecule has 2 fully saturated rings. The number of esters is 3. The molecule has 340 valence electrons. The molecule has 9 nitrogen and oxygen atoms in total. The maximum Gasteiger partial charge on any atom is 0.338 e. The summed E-state index contributed by atoms with van der Waals surface area (Å²) in [4.78, 5) is 40.4. The second-order valence-electron chi connectivity index (χ2n) is 21.4. The van der Waals surface area contributed by atoms with Gasteiger partial charge in [0.05, 0.1) is 16.4 Å². The summed E-state index contributed by atoms with van der Waals surface area (Å²) in [5.74, 6) is 1.59. The van der Waals surface area contributed by atoms with E-state index in [1.54, 1.807) is 24.3 Å². The minimum absolute atomic E-state index is 0.0117. The number of fused-ring (bicyclic) bond motifs is 6. The summed E-state index contributed by atoms with van der Waals surface area (Å²) >= 11 is 0. The average molecular weight is 855 g/mol. The van der Waals surface area contributed by atoms with Gasteiger partial charge in [-0.05, 0) is 160 Å². The van der Waals surface area contributed by atoms with Crippen molar-refractivity contribution in [3.63, 3.8) is 0 Å². The molecule has 0 aromatic heterocycles. The molecule has 9 heteroatoms. The minimum atomic E-state index is -1.17. The van der Waals surface area contributed by atoms with Gasteiger partial charge in [-0.15, -0.1) is 0 Å². The van der Waals surface area contributed by atoms with E-state index in [0.717, 1.165) is 77.0 Å². The Bertz CT molecular complexity index is 1960. The fraction of sp³-hybridized carbons (Fsp3) is 0.679. The maximum absolute atomic E-state index is 13.8. The van der Waals surface area contributed by atoms with Crippen molar-refractivity contribution in [2.45, 2.75) is 145 Å². The van der Waals surface area contributed by atoms with E-state index in [2.05, 4.69) is 72.8 Å². The zero-order valence-electron chi connectivity index (χ0n) is 38.8. The van der Waals surface area contributed by atoms with E-state index in [1.165, 1.54) is 22.3 Å². The molecule has 10 atom stereocenters. The smallest absolute Gasteiger partial charge is 0.338 e. The highest BCUT2D eigenvalue weighted by Crippen LogP contribution is 2.64. The van der Waals surface area contributed by atoms with Crippen LogP contribution in [-0.4, -0.2) is 66.8 Å². The SMILES string of the molecule is CC(C)C1=CC2=CCC3C(C)(C(=O)OCC(O)COC(=O)c4ccc(OCC(O)COC(=O)C5(C)CCCC6(C)C7CCC(C(C)C)=CC7=CCC56)cc4)CCCC3(C)C2CC1. The van der Waals surface area contributed by atoms with Crippen molar-refractivity contribution in [2.24, 2.45) is 57.2 Å². The highest BCUT2D eigenvalue weighted by Gasteiger charge is 2.59. The van der Waals surface area contributed by atoms with Crippen LogP contribution in [0.15, 0.2) is 70.9 Å². The number of carbonyl (C=O) groups is 3. The van der Waals surface area contributed by atoms with Gasteiger partial charge >= 0.3 is 17.9 Å². The number of hydrogen-bond donors (Lipinski definition) is 2. The van der Waals surface area contributed by atoms with Crippen molar-refractivity contribution in [2.75, 3.05) is 26.4 Å². The van der Waals surface area contributed by atoms with Gasteiger partial charge < -0.3 is 29.2 Å². The normalized spacial score (nSPS) is 33.8. The first-order valence-corrected chi connectivity index (χ1v) is 23.8. The molecule has 1 aromatic carbocycles. The molecule has 0 spiro atoms. The number of benzene rings is 1. The third kappa shape index (κ3) is 9.01. The van der Waals surface area contributed by atoms with Gasteiger partial charge in [0.15, 0.2) is 0 Å². The van der Waals surface area contributed by atoms with Crippen LogP contribution in [0.2, 0.25) is 0 Å². The molecule has 0 aliphatic heterocycles. The molecule has 0 heterocycles. The number of rotatable bonds is 14. The van der Waals surface area contributed by atoms with Gasteiger partial charge in [0, 0.05) is 0 Å². The quantitative estimate of drug-likeness (QED) is 0.139. The summed E-state index contributed by atoms with van der Waals surface area (Å²) in [5, 5.41) is 21.4. The van der Waals surface area contributed by atoms with E-state index in [4.69, 9.17) is 18.9 Å². The first-order valence-electron chi connectivity index (χ1n) is 23.8. The van der Waals surface area contributed by atoms with Crippen LogP contribution in [0.3, 0.4) is 0 Å². The first-order chi connectivity index (χ1) is 29.4. The lowest BCUT2D eigenvalue weighted by atomic mass is 9.47. The lowest BCUT2D eigenvalue weighted by molar-refractivity contribution is -0.173. The van der Waals surface area contributed by atoms with Gasteiger partial charge in [-0.25, -0.2) is 4.79 Å². The van der Waals surface area contributed by atoms with E-state index in [0.29, 0.717) is 29.4 Å². The van der Waals surface area contributed by atoms with Crippen molar-refractivity contribution in [1.29, 1.82) is 0 Å². The van der Waals surface area contributed by atoms with E-state index in [9.17, 15) is 24.6 Å². The van der Waals surface area contributed by atoms with Gasteiger partial charge in [-0.1, -0.05) is 89.8 Å². The Labute approximate surface area is 370 Å². The van der Waals surface area contributed by atoms with Crippen LogP contribution < -0.4 is 4.74 Å². The largest absolute Gasteiger partial charge is 0.491 e. The Morgan fingerprint density at radius 2 is 1.06 bits per heavy atom. The Morgan fingerprint density at radius 1 is 0.629 bits per heavy atom. The standard InChI is InChI=1S/C53H74O9/c1-33(2)36-13-19-43-38(27-36)15-21-45-50(43,5)23-9-25-52(45,7)48(57)61-31-40(54)29-59-42-17-11-35(12-18-42)47(56)60-30-41(55)32-62-49(58)53(8)26-10-24-51(6)44-20-14-37(34(3)4)28-39(44)16-22-46(51)53/h11-12,15-18,27-28,33-34,40-41,43-46,54-55H,9-10,13-14,19-26,29-32H2,1-8H3. The molecule has 10 unspecified atom stereocenters. The summed E-state index contributed by atoms with van der Waals surface area (Å²) in [6.45, 7) is 17.1. The molecule has 1 aromatic rings. The minimum Gasteiger partial charge on any atom is -0.491 e. The molecule has 2 N–H and O–H groups in total. The molecule has 0 saturated heterocycles. The van der Waals surface area contributed by atoms with Crippen LogP contribution >= 0.6 is 0 Å². The van der Waals surface area contributed by atoms with Crippen molar-refractivity contribution in [3.8, 4) is 5.75 Å². The van der Waals surface area contributed by atoms with Crippen LogP contribution in [0.25, 0.3) is 0 Å². The van der Waals surface area contributed by atoms with Crippen LogP contribution in [0.5, 0.6) is 5.75 Å². The summed E-state index contributed by atoms with van der Waals surface area (Å²) in [7, 11) is 0. The van der Waals surface area contributed by atoms with Crippen LogP contribution in [-0.2, 0) is 23.8 Å². The molecule has 62 heavy (non-hydrogen) atoms. The highest BCUT2D eigenvalue weighted by molar-refractivity contribution is 5.89.